The van der Waals surface area contributed by atoms with Gasteiger partial charge in [-0.1, -0.05) is 0 Å². The van der Waals surface area contributed by atoms with Gasteiger partial charge in [0.25, 0.3) is 0 Å². The molecule has 0 bridgehead atoms. The molecule has 15 heavy (non-hydrogen) atoms. The zero-order chi connectivity index (χ0) is 11.4. The summed E-state index contributed by atoms with van der Waals surface area (Å²) in [4.78, 5) is 10.9. The van der Waals surface area contributed by atoms with Crippen LogP contribution in [-0.4, -0.2) is 12.5 Å². The third-order valence-corrected chi connectivity index (χ3v) is 4.20. The predicted octanol–water partition coefficient (Wildman–Crippen LogP) is 2.50. The van der Waals surface area contributed by atoms with Crippen LogP contribution in [0.4, 0.5) is 0 Å². The van der Waals surface area contributed by atoms with E-state index in [2.05, 4.69) is 79.9 Å². The van der Waals surface area contributed by atoms with Crippen molar-refractivity contribution < 1.29 is 9.53 Å². The van der Waals surface area contributed by atoms with Gasteiger partial charge in [0, 0.05) is 16.3 Å². The van der Waals surface area contributed by atoms with Crippen molar-refractivity contribution in [3.63, 3.8) is 0 Å². The molecule has 0 atom stereocenters. The third-order valence-electron chi connectivity index (χ3n) is 1.65. The Bertz CT molecular complexity index is 359. The highest BCUT2D eigenvalue weighted by Crippen LogP contribution is 2.23. The summed E-state index contributed by atoms with van der Waals surface area (Å²) in [7, 11) is 0. The zero-order valence-corrected chi connectivity index (χ0v) is 14.1. The predicted molar refractivity (Wildman–Crippen MR) is 83.4 cm³/mol. The van der Waals surface area contributed by atoms with Gasteiger partial charge in [-0.15, -0.1) is 0 Å². The molecular formula is C9H8I3NO2. The molecule has 0 spiro atoms. The number of carbonyl (C=O) groups is 1. The second-order valence-corrected chi connectivity index (χ2v) is 6.28. The molecule has 0 fully saturated rings. The van der Waals surface area contributed by atoms with Gasteiger partial charge in [0.1, 0.15) is 6.61 Å². The fraction of sp³-hybridized carbons (Fsp3) is 0.222. The summed E-state index contributed by atoms with van der Waals surface area (Å²) in [5, 5.41) is 0. The van der Waals surface area contributed by atoms with Gasteiger partial charge in [-0.2, -0.15) is 0 Å². The molecule has 0 heterocycles. The third kappa shape index (κ3) is 4.30. The molecular weight excluding hydrogens is 535 g/mol. The highest BCUT2D eigenvalue weighted by Gasteiger charge is 2.08. The number of ether oxygens (including phenoxy) is 1. The Hall–Kier alpha value is 0.840. The van der Waals surface area contributed by atoms with E-state index in [9.17, 15) is 4.79 Å². The Kier molecular flexibility index (Phi) is 6.07. The molecule has 0 amide bonds. The summed E-state index contributed by atoms with van der Waals surface area (Å²) in [6.45, 7) is 0.223. The monoisotopic (exact) mass is 543 g/mol. The summed E-state index contributed by atoms with van der Waals surface area (Å²) in [5.74, 6) is -0.375. The highest BCUT2D eigenvalue weighted by atomic mass is 127. The van der Waals surface area contributed by atoms with Crippen LogP contribution in [-0.2, 0) is 16.1 Å². The second kappa shape index (κ2) is 6.55. The van der Waals surface area contributed by atoms with E-state index in [4.69, 9.17) is 10.5 Å². The van der Waals surface area contributed by atoms with Crippen molar-refractivity contribution >= 4 is 73.7 Å². The number of esters is 1. The van der Waals surface area contributed by atoms with E-state index >= 15 is 0 Å². The summed E-state index contributed by atoms with van der Waals surface area (Å²) >= 11 is 6.74. The van der Waals surface area contributed by atoms with Crippen LogP contribution < -0.4 is 5.73 Å². The van der Waals surface area contributed by atoms with Crippen molar-refractivity contribution in [2.24, 2.45) is 5.73 Å². The fourth-order valence-electron chi connectivity index (χ4n) is 0.922. The van der Waals surface area contributed by atoms with Gasteiger partial charge in [-0.05, 0) is 79.9 Å². The molecule has 0 saturated carbocycles. The zero-order valence-electron chi connectivity index (χ0n) is 7.60. The molecule has 0 saturated heterocycles. The highest BCUT2D eigenvalue weighted by molar-refractivity contribution is 14.1. The van der Waals surface area contributed by atoms with Crippen molar-refractivity contribution in [3.8, 4) is 0 Å². The summed E-state index contributed by atoms with van der Waals surface area (Å²) in [5.41, 5.74) is 6.20. The smallest absolute Gasteiger partial charge is 0.320 e. The molecule has 2 N–H and O–H groups in total. The molecule has 0 aliphatic carbocycles. The SMILES string of the molecule is NCC(=O)OCc1c(I)cc(I)cc1I. The minimum atomic E-state index is -0.375. The van der Waals surface area contributed by atoms with Gasteiger partial charge in [-0.25, -0.2) is 0 Å². The minimum absolute atomic E-state index is 0.0719. The Morgan fingerprint density at radius 2 is 1.80 bits per heavy atom. The van der Waals surface area contributed by atoms with Crippen LogP contribution >= 0.6 is 67.8 Å². The largest absolute Gasteiger partial charge is 0.460 e. The molecule has 6 heteroatoms. The number of hydrogen-bond donors (Lipinski definition) is 1. The first-order valence-electron chi connectivity index (χ1n) is 4.03. The first-order valence-corrected chi connectivity index (χ1v) is 7.27. The lowest BCUT2D eigenvalue weighted by Crippen LogP contribution is -2.17. The normalized spacial score (nSPS) is 10.1. The molecule has 1 aromatic rings. The van der Waals surface area contributed by atoms with Crippen LogP contribution in [0.5, 0.6) is 0 Å². The average molecular weight is 543 g/mol. The number of benzene rings is 1. The van der Waals surface area contributed by atoms with E-state index < -0.39 is 0 Å². The first-order chi connectivity index (χ1) is 7.04. The Balaban J connectivity index is 2.81. The van der Waals surface area contributed by atoms with Crippen molar-refractivity contribution in [2.45, 2.75) is 6.61 Å². The van der Waals surface area contributed by atoms with Crippen LogP contribution in [0, 0.1) is 10.7 Å². The number of nitrogens with two attached hydrogens (primary N) is 1. The summed E-state index contributed by atoms with van der Waals surface area (Å²) < 4.78 is 8.39. The topological polar surface area (TPSA) is 52.3 Å². The lowest BCUT2D eigenvalue weighted by atomic mass is 10.2. The number of carbonyl (C=O) groups excluding carboxylic acids is 1. The molecule has 0 aliphatic heterocycles. The standard InChI is InChI=1S/C9H8I3NO2/c10-5-1-7(11)6(8(12)2-5)4-15-9(14)3-13/h1-2H,3-4,13H2. The molecule has 0 aromatic heterocycles. The van der Waals surface area contributed by atoms with Crippen molar-refractivity contribution in [1.29, 1.82) is 0 Å². The van der Waals surface area contributed by atoms with E-state index in [-0.39, 0.29) is 12.5 Å². The quantitative estimate of drug-likeness (QED) is 0.472. The molecule has 0 aliphatic rings. The maximum Gasteiger partial charge on any atom is 0.320 e. The van der Waals surface area contributed by atoms with Gasteiger partial charge in [0.05, 0.1) is 6.54 Å². The molecule has 0 unspecified atom stereocenters. The van der Waals surface area contributed by atoms with Gasteiger partial charge in [0.15, 0.2) is 0 Å². The van der Waals surface area contributed by atoms with Crippen molar-refractivity contribution in [1.82, 2.24) is 0 Å². The lowest BCUT2D eigenvalue weighted by Gasteiger charge is -2.08. The Morgan fingerprint density at radius 1 is 1.27 bits per heavy atom. The Morgan fingerprint density at radius 3 is 2.27 bits per heavy atom. The van der Waals surface area contributed by atoms with E-state index in [0.717, 1.165) is 12.7 Å². The van der Waals surface area contributed by atoms with E-state index in [1.807, 2.05) is 0 Å². The molecule has 3 nitrogen and oxygen atoms in total. The van der Waals surface area contributed by atoms with Crippen LogP contribution in [0.3, 0.4) is 0 Å². The van der Waals surface area contributed by atoms with Gasteiger partial charge in [0.2, 0.25) is 0 Å². The molecule has 82 valence electrons. The summed E-state index contributed by atoms with van der Waals surface area (Å²) in [6, 6.07) is 4.10. The van der Waals surface area contributed by atoms with Gasteiger partial charge >= 0.3 is 5.97 Å². The number of halogens is 3. The number of rotatable bonds is 3. The summed E-state index contributed by atoms with van der Waals surface area (Å²) in [6.07, 6.45) is 0. The van der Waals surface area contributed by atoms with Crippen molar-refractivity contribution in [3.05, 3.63) is 28.4 Å². The maximum atomic E-state index is 10.9. The molecule has 0 radical (unpaired) electrons. The number of hydrogen-bond acceptors (Lipinski definition) is 3. The maximum absolute atomic E-state index is 10.9. The van der Waals surface area contributed by atoms with Crippen LogP contribution in [0.15, 0.2) is 12.1 Å². The van der Waals surface area contributed by atoms with E-state index in [0.29, 0.717) is 6.61 Å². The minimum Gasteiger partial charge on any atom is -0.460 e. The van der Waals surface area contributed by atoms with E-state index in [1.165, 1.54) is 3.57 Å². The fourth-order valence-corrected chi connectivity index (χ4v) is 4.82. The van der Waals surface area contributed by atoms with Gasteiger partial charge < -0.3 is 10.5 Å². The van der Waals surface area contributed by atoms with Crippen LogP contribution in [0.1, 0.15) is 5.56 Å². The molecule has 1 aromatic carbocycles. The van der Waals surface area contributed by atoms with E-state index in [1.54, 1.807) is 0 Å². The average Bonchev–Trinajstić information content (AvgIpc) is 2.15. The van der Waals surface area contributed by atoms with Crippen molar-refractivity contribution in [2.75, 3.05) is 6.54 Å². The second-order valence-electron chi connectivity index (χ2n) is 2.71. The van der Waals surface area contributed by atoms with Gasteiger partial charge in [-0.3, -0.25) is 4.79 Å². The molecule has 1 rings (SSSR count). The first kappa shape index (κ1) is 13.9. The Labute approximate surface area is 129 Å². The van der Waals surface area contributed by atoms with Crippen LogP contribution in [0.2, 0.25) is 0 Å². The lowest BCUT2D eigenvalue weighted by molar-refractivity contribution is -0.143. The van der Waals surface area contributed by atoms with Crippen LogP contribution in [0.25, 0.3) is 0 Å².